The van der Waals surface area contributed by atoms with Gasteiger partial charge < -0.3 is 4.74 Å². The van der Waals surface area contributed by atoms with Gasteiger partial charge in [0.15, 0.2) is 0 Å². The molecular weight excluding hydrogens is 287 g/mol. The van der Waals surface area contributed by atoms with Crippen molar-refractivity contribution in [3.8, 4) is 5.75 Å². The third kappa shape index (κ3) is 3.56. The van der Waals surface area contributed by atoms with Gasteiger partial charge in [-0.2, -0.15) is 5.10 Å². The van der Waals surface area contributed by atoms with E-state index in [4.69, 9.17) is 4.74 Å². The first-order chi connectivity index (χ1) is 8.13. The van der Waals surface area contributed by atoms with Crippen LogP contribution >= 0.6 is 15.9 Å². The number of rotatable bonds is 4. The molecule has 0 saturated heterocycles. The first-order valence-electron chi connectivity index (χ1n) is 5.20. The van der Waals surface area contributed by atoms with Gasteiger partial charge in [-0.25, -0.2) is 4.39 Å². The summed E-state index contributed by atoms with van der Waals surface area (Å²) in [5.74, 6) is 0.219. The summed E-state index contributed by atoms with van der Waals surface area (Å²) in [6, 6.07) is 4.51. The van der Waals surface area contributed by atoms with Crippen molar-refractivity contribution in [2.45, 2.75) is 6.42 Å². The number of hydrogen-bond donors (Lipinski definition) is 0. The van der Waals surface area contributed by atoms with Crippen LogP contribution in [0.2, 0.25) is 0 Å². The van der Waals surface area contributed by atoms with Crippen molar-refractivity contribution in [3.63, 3.8) is 0 Å². The van der Waals surface area contributed by atoms with Crippen molar-refractivity contribution in [1.29, 1.82) is 0 Å². The molecule has 0 unspecified atom stereocenters. The van der Waals surface area contributed by atoms with Crippen molar-refractivity contribution >= 4 is 15.9 Å². The number of aromatic nitrogens is 2. The quantitative estimate of drug-likeness (QED) is 0.868. The smallest absolute Gasteiger partial charge is 0.128 e. The molecule has 2 rings (SSSR count). The van der Waals surface area contributed by atoms with Gasteiger partial charge in [0.1, 0.15) is 11.6 Å². The molecule has 0 saturated carbocycles. The van der Waals surface area contributed by atoms with Gasteiger partial charge in [0, 0.05) is 30.2 Å². The molecule has 0 bridgehead atoms. The van der Waals surface area contributed by atoms with E-state index in [1.54, 1.807) is 16.9 Å². The van der Waals surface area contributed by atoms with E-state index in [1.165, 1.54) is 12.1 Å². The fourth-order valence-corrected chi connectivity index (χ4v) is 1.94. The first kappa shape index (κ1) is 12.1. The molecule has 0 fully saturated rings. The lowest BCUT2D eigenvalue weighted by atomic mass is 10.3. The molecule has 17 heavy (non-hydrogen) atoms. The summed E-state index contributed by atoms with van der Waals surface area (Å²) in [6.45, 7) is 0.502. The average Bonchev–Trinajstić information content (AvgIpc) is 2.63. The molecule has 1 heterocycles. The Labute approximate surface area is 107 Å². The van der Waals surface area contributed by atoms with Crippen LogP contribution in [0.15, 0.2) is 35.1 Å². The SMILES string of the molecule is Cn1cc(CCOc2cc(F)cc(Br)c2)cn1. The standard InChI is InChI=1S/C12H12BrFN2O/c1-16-8-9(7-15-16)2-3-17-12-5-10(13)4-11(14)6-12/h4-8H,2-3H2,1H3. The van der Waals surface area contributed by atoms with Crippen LogP contribution in [0.5, 0.6) is 5.75 Å². The Morgan fingerprint density at radius 2 is 2.24 bits per heavy atom. The molecular formula is C12H12BrFN2O. The maximum absolute atomic E-state index is 13.1. The number of hydrogen-bond acceptors (Lipinski definition) is 2. The second kappa shape index (κ2) is 5.31. The summed E-state index contributed by atoms with van der Waals surface area (Å²) >= 11 is 3.22. The first-order valence-corrected chi connectivity index (χ1v) is 5.99. The fraction of sp³-hybridized carbons (Fsp3) is 0.250. The van der Waals surface area contributed by atoms with Crippen LogP contribution in [0, 0.1) is 5.82 Å². The number of aryl methyl sites for hydroxylation is 1. The Morgan fingerprint density at radius 1 is 1.41 bits per heavy atom. The minimum Gasteiger partial charge on any atom is -0.493 e. The van der Waals surface area contributed by atoms with Crippen molar-refractivity contribution in [3.05, 3.63) is 46.4 Å². The van der Waals surface area contributed by atoms with E-state index >= 15 is 0 Å². The number of benzene rings is 1. The van der Waals surface area contributed by atoms with Crippen LogP contribution in [-0.2, 0) is 13.5 Å². The largest absolute Gasteiger partial charge is 0.493 e. The molecule has 3 nitrogen and oxygen atoms in total. The van der Waals surface area contributed by atoms with E-state index in [0.717, 1.165) is 12.0 Å². The third-order valence-electron chi connectivity index (χ3n) is 2.25. The number of ether oxygens (including phenoxy) is 1. The molecule has 0 aliphatic carbocycles. The number of halogens is 2. The molecule has 0 spiro atoms. The van der Waals surface area contributed by atoms with Gasteiger partial charge in [-0.05, 0) is 17.7 Å². The van der Waals surface area contributed by atoms with E-state index in [-0.39, 0.29) is 5.82 Å². The van der Waals surface area contributed by atoms with Crippen LogP contribution in [0.4, 0.5) is 4.39 Å². The summed E-state index contributed by atoms with van der Waals surface area (Å²) in [7, 11) is 1.87. The summed E-state index contributed by atoms with van der Waals surface area (Å²) in [5, 5.41) is 4.06. The van der Waals surface area contributed by atoms with Gasteiger partial charge in [0.05, 0.1) is 12.8 Å². The maximum atomic E-state index is 13.1. The number of nitrogens with zero attached hydrogens (tertiary/aromatic N) is 2. The zero-order valence-electron chi connectivity index (χ0n) is 9.36. The second-order valence-corrected chi connectivity index (χ2v) is 4.64. The Balaban J connectivity index is 1.89. The molecule has 0 radical (unpaired) electrons. The van der Waals surface area contributed by atoms with Crippen LogP contribution in [-0.4, -0.2) is 16.4 Å². The van der Waals surface area contributed by atoms with Crippen LogP contribution in [0.3, 0.4) is 0 Å². The normalized spacial score (nSPS) is 10.5. The zero-order chi connectivity index (χ0) is 12.3. The predicted octanol–water partition coefficient (Wildman–Crippen LogP) is 2.94. The molecule has 5 heteroatoms. The molecule has 1 aromatic heterocycles. The van der Waals surface area contributed by atoms with E-state index in [9.17, 15) is 4.39 Å². The lowest BCUT2D eigenvalue weighted by molar-refractivity contribution is 0.320. The van der Waals surface area contributed by atoms with Crippen molar-refractivity contribution in [2.75, 3.05) is 6.61 Å². The lowest BCUT2D eigenvalue weighted by Gasteiger charge is -2.05. The van der Waals surface area contributed by atoms with Gasteiger partial charge in [-0.3, -0.25) is 4.68 Å². The molecule has 0 aliphatic rings. The van der Waals surface area contributed by atoms with E-state index in [2.05, 4.69) is 21.0 Å². The lowest BCUT2D eigenvalue weighted by Crippen LogP contribution is -2.01. The van der Waals surface area contributed by atoms with Crippen molar-refractivity contribution in [1.82, 2.24) is 9.78 Å². The Hall–Kier alpha value is -1.36. The summed E-state index contributed by atoms with van der Waals surface area (Å²) in [6.07, 6.45) is 4.48. The highest BCUT2D eigenvalue weighted by Crippen LogP contribution is 2.20. The topological polar surface area (TPSA) is 27.1 Å². The molecule has 90 valence electrons. The van der Waals surface area contributed by atoms with E-state index in [1.807, 2.05) is 13.2 Å². The molecule has 2 aromatic rings. The minimum absolute atomic E-state index is 0.309. The van der Waals surface area contributed by atoms with E-state index in [0.29, 0.717) is 16.8 Å². The Bertz CT molecular complexity index is 493. The summed E-state index contributed by atoms with van der Waals surface area (Å²) in [5.41, 5.74) is 1.10. The summed E-state index contributed by atoms with van der Waals surface area (Å²) < 4.78 is 21.0. The van der Waals surface area contributed by atoms with Gasteiger partial charge in [-0.15, -0.1) is 0 Å². The van der Waals surface area contributed by atoms with Gasteiger partial charge in [0.25, 0.3) is 0 Å². The molecule has 0 amide bonds. The second-order valence-electron chi connectivity index (χ2n) is 3.73. The van der Waals surface area contributed by atoms with Crippen molar-refractivity contribution in [2.24, 2.45) is 7.05 Å². The van der Waals surface area contributed by atoms with Crippen LogP contribution < -0.4 is 4.74 Å². The monoisotopic (exact) mass is 298 g/mol. The highest BCUT2D eigenvalue weighted by atomic mass is 79.9. The minimum atomic E-state index is -0.309. The average molecular weight is 299 g/mol. The fourth-order valence-electron chi connectivity index (χ4n) is 1.50. The molecule has 0 aliphatic heterocycles. The van der Waals surface area contributed by atoms with Crippen LogP contribution in [0.1, 0.15) is 5.56 Å². The Kier molecular flexibility index (Phi) is 3.78. The predicted molar refractivity (Wildman–Crippen MR) is 66.5 cm³/mol. The van der Waals surface area contributed by atoms with Gasteiger partial charge >= 0.3 is 0 Å². The zero-order valence-corrected chi connectivity index (χ0v) is 10.9. The molecule has 1 aromatic carbocycles. The van der Waals surface area contributed by atoms with Crippen LogP contribution in [0.25, 0.3) is 0 Å². The summed E-state index contributed by atoms with van der Waals surface area (Å²) in [4.78, 5) is 0. The van der Waals surface area contributed by atoms with Crippen molar-refractivity contribution < 1.29 is 9.13 Å². The molecule has 0 N–H and O–H groups in total. The third-order valence-corrected chi connectivity index (χ3v) is 2.71. The molecule has 0 atom stereocenters. The van der Waals surface area contributed by atoms with E-state index < -0.39 is 0 Å². The maximum Gasteiger partial charge on any atom is 0.128 e. The van der Waals surface area contributed by atoms with Gasteiger partial charge in [-0.1, -0.05) is 15.9 Å². The van der Waals surface area contributed by atoms with Gasteiger partial charge in [0.2, 0.25) is 0 Å². The highest BCUT2D eigenvalue weighted by molar-refractivity contribution is 9.10. The highest BCUT2D eigenvalue weighted by Gasteiger charge is 2.01. The Morgan fingerprint density at radius 3 is 2.88 bits per heavy atom.